The number of hydrogen-bond acceptors (Lipinski definition) is 4. The average molecular weight is 257 g/mol. The number of carboxylic acid groups (broad SMARTS) is 1. The first kappa shape index (κ1) is 12.9. The fourth-order valence-corrected chi connectivity index (χ4v) is 1.68. The minimum Gasteiger partial charge on any atom is -0.478 e. The van der Waals surface area contributed by atoms with Gasteiger partial charge in [0, 0.05) is 6.54 Å². The third-order valence-electron chi connectivity index (χ3n) is 2.72. The zero-order chi connectivity index (χ0) is 13.8. The molecule has 19 heavy (non-hydrogen) atoms. The van der Waals surface area contributed by atoms with Gasteiger partial charge in [0.2, 0.25) is 0 Å². The highest BCUT2D eigenvalue weighted by Crippen LogP contribution is 2.16. The van der Waals surface area contributed by atoms with E-state index in [-0.39, 0.29) is 5.56 Å². The summed E-state index contributed by atoms with van der Waals surface area (Å²) in [6, 6.07) is 9.38. The molecule has 98 valence electrons. The topological polar surface area (TPSA) is 88.2 Å². The fraction of sp³-hybridized carbons (Fsp3) is 0.143. The summed E-state index contributed by atoms with van der Waals surface area (Å²) >= 11 is 0. The lowest BCUT2D eigenvalue weighted by atomic mass is 10.1. The Kier molecular flexibility index (Phi) is 3.66. The molecular weight excluding hydrogens is 242 g/mol. The first-order valence-corrected chi connectivity index (χ1v) is 5.84. The van der Waals surface area contributed by atoms with E-state index in [0.29, 0.717) is 18.1 Å². The van der Waals surface area contributed by atoms with Gasteiger partial charge >= 0.3 is 5.97 Å². The van der Waals surface area contributed by atoms with Gasteiger partial charge in [0.15, 0.2) is 0 Å². The third-order valence-corrected chi connectivity index (χ3v) is 2.72. The smallest absolute Gasteiger partial charge is 0.339 e. The molecule has 5 nitrogen and oxygen atoms in total. The molecule has 0 radical (unpaired) electrons. The predicted octanol–water partition coefficient (Wildman–Crippen LogP) is 2.28. The fourth-order valence-electron chi connectivity index (χ4n) is 1.68. The minimum absolute atomic E-state index is 0.0760. The summed E-state index contributed by atoms with van der Waals surface area (Å²) in [5.41, 5.74) is 8.18. The normalized spacial score (nSPS) is 10.2. The van der Waals surface area contributed by atoms with Crippen LogP contribution in [0.2, 0.25) is 0 Å². The van der Waals surface area contributed by atoms with Crippen molar-refractivity contribution in [3.05, 3.63) is 53.2 Å². The van der Waals surface area contributed by atoms with Crippen molar-refractivity contribution in [1.29, 1.82) is 0 Å². The molecule has 0 saturated carbocycles. The standard InChI is InChI=1S/C14H15N3O2/c1-9-2-4-10(5-3-9)7-16-13-12(14(18)19)6-11(15)8-17-13/h2-6,8H,7,15H2,1H3,(H,16,17)(H,18,19). The number of aromatic carboxylic acids is 1. The number of nitrogens with one attached hydrogen (secondary N) is 1. The maximum Gasteiger partial charge on any atom is 0.339 e. The van der Waals surface area contributed by atoms with Crippen LogP contribution in [0.15, 0.2) is 36.5 Å². The van der Waals surface area contributed by atoms with Crippen molar-refractivity contribution >= 4 is 17.5 Å². The molecule has 2 rings (SSSR count). The van der Waals surface area contributed by atoms with E-state index in [0.717, 1.165) is 5.56 Å². The molecule has 0 unspecified atom stereocenters. The van der Waals surface area contributed by atoms with E-state index in [1.807, 2.05) is 31.2 Å². The van der Waals surface area contributed by atoms with Gasteiger partial charge in [-0.1, -0.05) is 29.8 Å². The Morgan fingerprint density at radius 2 is 2.05 bits per heavy atom. The van der Waals surface area contributed by atoms with Crippen LogP contribution >= 0.6 is 0 Å². The molecule has 0 fully saturated rings. The predicted molar refractivity (Wildman–Crippen MR) is 74.1 cm³/mol. The highest BCUT2D eigenvalue weighted by atomic mass is 16.4. The Morgan fingerprint density at radius 1 is 1.37 bits per heavy atom. The second kappa shape index (κ2) is 5.39. The highest BCUT2D eigenvalue weighted by Gasteiger charge is 2.11. The molecule has 0 spiro atoms. The molecule has 0 amide bonds. The number of nitrogens with zero attached hydrogens (tertiary/aromatic N) is 1. The van der Waals surface area contributed by atoms with Gasteiger partial charge in [-0.15, -0.1) is 0 Å². The number of anilines is 2. The minimum atomic E-state index is -1.05. The molecule has 4 N–H and O–H groups in total. The van der Waals surface area contributed by atoms with Gasteiger partial charge in [0.05, 0.1) is 11.9 Å². The maximum absolute atomic E-state index is 11.1. The number of aryl methyl sites for hydroxylation is 1. The van der Waals surface area contributed by atoms with Crippen molar-refractivity contribution in [3.63, 3.8) is 0 Å². The summed E-state index contributed by atoms with van der Waals surface area (Å²) in [6.45, 7) is 2.53. The maximum atomic E-state index is 11.1. The summed E-state index contributed by atoms with van der Waals surface area (Å²) in [5.74, 6) is -0.728. The van der Waals surface area contributed by atoms with Crippen LogP contribution in [0.3, 0.4) is 0 Å². The summed E-state index contributed by atoms with van der Waals surface area (Å²) in [4.78, 5) is 15.1. The molecule has 1 aromatic carbocycles. The van der Waals surface area contributed by atoms with Crippen LogP contribution in [-0.4, -0.2) is 16.1 Å². The van der Waals surface area contributed by atoms with E-state index >= 15 is 0 Å². The Labute approximate surface area is 111 Å². The van der Waals surface area contributed by atoms with Gasteiger partial charge in [-0.05, 0) is 18.6 Å². The number of benzene rings is 1. The number of aromatic nitrogens is 1. The quantitative estimate of drug-likeness (QED) is 0.782. The first-order chi connectivity index (χ1) is 9.06. The molecule has 0 aliphatic heterocycles. The zero-order valence-electron chi connectivity index (χ0n) is 10.6. The van der Waals surface area contributed by atoms with Crippen LogP contribution in [-0.2, 0) is 6.54 Å². The molecule has 1 aromatic heterocycles. The van der Waals surface area contributed by atoms with Crippen molar-refractivity contribution in [2.45, 2.75) is 13.5 Å². The summed E-state index contributed by atoms with van der Waals surface area (Å²) in [7, 11) is 0. The Balaban J connectivity index is 2.15. The Bertz CT molecular complexity index is 594. The summed E-state index contributed by atoms with van der Waals surface area (Å²) < 4.78 is 0. The lowest BCUT2D eigenvalue weighted by molar-refractivity contribution is 0.0697. The molecule has 0 bridgehead atoms. The van der Waals surface area contributed by atoms with Crippen LogP contribution in [0.5, 0.6) is 0 Å². The van der Waals surface area contributed by atoms with E-state index in [1.54, 1.807) is 0 Å². The largest absolute Gasteiger partial charge is 0.478 e. The molecule has 0 saturated heterocycles. The zero-order valence-corrected chi connectivity index (χ0v) is 10.6. The molecule has 2 aromatic rings. The van der Waals surface area contributed by atoms with Crippen LogP contribution in [0.25, 0.3) is 0 Å². The van der Waals surface area contributed by atoms with E-state index in [1.165, 1.54) is 17.8 Å². The molecule has 0 aliphatic carbocycles. The van der Waals surface area contributed by atoms with E-state index in [9.17, 15) is 4.79 Å². The van der Waals surface area contributed by atoms with Crippen molar-refractivity contribution in [2.24, 2.45) is 0 Å². The lowest BCUT2D eigenvalue weighted by Crippen LogP contribution is -2.09. The van der Waals surface area contributed by atoms with Crippen molar-refractivity contribution in [2.75, 3.05) is 11.1 Å². The molecule has 1 heterocycles. The average Bonchev–Trinajstić information content (AvgIpc) is 2.39. The molecule has 0 atom stereocenters. The van der Waals surface area contributed by atoms with Gasteiger partial charge in [0.25, 0.3) is 0 Å². The number of hydrogen-bond donors (Lipinski definition) is 3. The van der Waals surface area contributed by atoms with Crippen LogP contribution in [0, 0.1) is 6.92 Å². The van der Waals surface area contributed by atoms with E-state index in [2.05, 4.69) is 10.3 Å². The lowest BCUT2D eigenvalue weighted by Gasteiger charge is -2.09. The second-order valence-corrected chi connectivity index (χ2v) is 4.31. The molecular formula is C14H15N3O2. The van der Waals surface area contributed by atoms with Crippen LogP contribution < -0.4 is 11.1 Å². The summed E-state index contributed by atoms with van der Waals surface area (Å²) in [6.07, 6.45) is 1.43. The Hall–Kier alpha value is -2.56. The third kappa shape index (κ3) is 3.22. The van der Waals surface area contributed by atoms with Crippen LogP contribution in [0.1, 0.15) is 21.5 Å². The SMILES string of the molecule is Cc1ccc(CNc2ncc(N)cc2C(=O)O)cc1. The van der Waals surface area contributed by atoms with Gasteiger partial charge in [0.1, 0.15) is 11.4 Å². The number of carbonyl (C=O) groups is 1. The van der Waals surface area contributed by atoms with Gasteiger partial charge in [-0.2, -0.15) is 0 Å². The van der Waals surface area contributed by atoms with Gasteiger partial charge in [-0.3, -0.25) is 0 Å². The molecule has 0 aliphatic rings. The van der Waals surface area contributed by atoms with Gasteiger partial charge < -0.3 is 16.2 Å². The van der Waals surface area contributed by atoms with Crippen molar-refractivity contribution < 1.29 is 9.90 Å². The van der Waals surface area contributed by atoms with Crippen LogP contribution in [0.4, 0.5) is 11.5 Å². The number of pyridine rings is 1. The number of nitrogen functional groups attached to an aromatic ring is 1. The first-order valence-electron chi connectivity index (χ1n) is 5.84. The molecule has 5 heteroatoms. The number of rotatable bonds is 4. The van der Waals surface area contributed by atoms with Crippen molar-refractivity contribution in [1.82, 2.24) is 4.98 Å². The van der Waals surface area contributed by atoms with E-state index in [4.69, 9.17) is 10.8 Å². The number of nitrogens with two attached hydrogens (primary N) is 1. The second-order valence-electron chi connectivity index (χ2n) is 4.31. The van der Waals surface area contributed by atoms with Crippen molar-refractivity contribution in [3.8, 4) is 0 Å². The monoisotopic (exact) mass is 257 g/mol. The Morgan fingerprint density at radius 3 is 2.68 bits per heavy atom. The number of carboxylic acids is 1. The highest BCUT2D eigenvalue weighted by molar-refractivity contribution is 5.94. The summed E-state index contributed by atoms with van der Waals surface area (Å²) in [5, 5.41) is 12.1. The van der Waals surface area contributed by atoms with E-state index < -0.39 is 5.97 Å². The van der Waals surface area contributed by atoms with Gasteiger partial charge in [-0.25, -0.2) is 9.78 Å².